The van der Waals surface area contributed by atoms with E-state index in [0.717, 1.165) is 0 Å². The summed E-state index contributed by atoms with van der Waals surface area (Å²) in [5.41, 5.74) is 4.63. The summed E-state index contributed by atoms with van der Waals surface area (Å²) in [6.07, 6.45) is 6.56. The van der Waals surface area contributed by atoms with E-state index in [1.54, 1.807) is 0 Å². The zero-order chi connectivity index (χ0) is 12.3. The highest BCUT2D eigenvalue weighted by Gasteiger charge is 2.25. The minimum absolute atomic E-state index is 0.301. The van der Waals surface area contributed by atoms with Gasteiger partial charge < -0.3 is 5.32 Å². The van der Waals surface area contributed by atoms with Crippen LogP contribution in [-0.4, -0.2) is 12.1 Å². The fourth-order valence-electron chi connectivity index (χ4n) is 2.86. The van der Waals surface area contributed by atoms with E-state index in [1.165, 1.54) is 55.3 Å². The number of nitrogens with one attached hydrogen (secondary N) is 1. The molecule has 1 nitrogen and oxygen atoms in total. The fraction of sp³-hybridized carbons (Fsp3) is 0.625. The molecular weight excluding hydrogens is 206 g/mol. The van der Waals surface area contributed by atoms with Gasteiger partial charge >= 0.3 is 0 Å². The van der Waals surface area contributed by atoms with Crippen molar-refractivity contribution in [3.8, 4) is 0 Å². The van der Waals surface area contributed by atoms with Gasteiger partial charge in [0.05, 0.1) is 0 Å². The molecule has 1 fully saturated rings. The Kier molecular flexibility index (Phi) is 3.88. The Balaban J connectivity index is 2.15. The summed E-state index contributed by atoms with van der Waals surface area (Å²) in [5, 5.41) is 3.75. The lowest BCUT2D eigenvalue weighted by molar-refractivity contribution is 0.345. The molecule has 1 heterocycles. The van der Waals surface area contributed by atoms with Crippen LogP contribution in [0.4, 0.5) is 0 Å². The molecule has 1 N–H and O–H groups in total. The first-order valence-electron chi connectivity index (χ1n) is 6.90. The van der Waals surface area contributed by atoms with Crippen LogP contribution in [0.3, 0.4) is 0 Å². The van der Waals surface area contributed by atoms with Crippen molar-refractivity contribution >= 4 is 0 Å². The molecule has 0 aromatic heterocycles. The molecular formula is C16H25N. The molecule has 0 spiro atoms. The quantitative estimate of drug-likeness (QED) is 0.817. The Bertz CT molecular complexity index is 373. The van der Waals surface area contributed by atoms with Crippen LogP contribution in [0.25, 0.3) is 0 Å². The molecule has 1 unspecified atom stereocenters. The molecule has 1 aliphatic heterocycles. The van der Waals surface area contributed by atoms with Crippen molar-refractivity contribution in [3.63, 3.8) is 0 Å². The second kappa shape index (κ2) is 5.22. The Morgan fingerprint density at radius 3 is 2.82 bits per heavy atom. The van der Waals surface area contributed by atoms with Gasteiger partial charge in [0.1, 0.15) is 0 Å². The van der Waals surface area contributed by atoms with Gasteiger partial charge in [-0.25, -0.2) is 0 Å². The number of aryl methyl sites for hydroxylation is 2. The average molecular weight is 231 g/mol. The van der Waals surface area contributed by atoms with Crippen molar-refractivity contribution in [1.29, 1.82) is 0 Å². The molecule has 1 saturated heterocycles. The van der Waals surface area contributed by atoms with Gasteiger partial charge in [0, 0.05) is 5.54 Å². The first-order chi connectivity index (χ1) is 8.09. The molecule has 0 aliphatic carbocycles. The fourth-order valence-corrected chi connectivity index (χ4v) is 2.86. The maximum Gasteiger partial charge on any atom is 0.0193 e. The lowest BCUT2D eigenvalue weighted by Crippen LogP contribution is -2.43. The molecule has 17 heavy (non-hydrogen) atoms. The van der Waals surface area contributed by atoms with E-state index in [-0.39, 0.29) is 0 Å². The third kappa shape index (κ3) is 3.32. The highest BCUT2D eigenvalue weighted by molar-refractivity contribution is 5.31. The minimum Gasteiger partial charge on any atom is -0.311 e. The lowest BCUT2D eigenvalue weighted by Gasteiger charge is -2.30. The molecule has 0 saturated carbocycles. The summed E-state index contributed by atoms with van der Waals surface area (Å²) in [4.78, 5) is 0. The maximum absolute atomic E-state index is 3.75. The van der Waals surface area contributed by atoms with E-state index in [2.05, 4.69) is 44.3 Å². The number of rotatable bonds is 2. The molecule has 0 radical (unpaired) electrons. The molecule has 1 heteroatoms. The maximum atomic E-state index is 3.75. The number of hydrogen-bond donors (Lipinski definition) is 1. The second-order valence-corrected chi connectivity index (χ2v) is 5.90. The standard InChI is InChI=1S/C16H25N/c1-13-7-8-14(2)15(11-13)12-16(3)9-5-4-6-10-17-16/h7-8,11,17H,4-6,9-10,12H2,1-3H3. The molecule has 0 bridgehead atoms. The summed E-state index contributed by atoms with van der Waals surface area (Å²) in [5.74, 6) is 0. The van der Waals surface area contributed by atoms with Crippen LogP contribution in [0.5, 0.6) is 0 Å². The highest BCUT2D eigenvalue weighted by atomic mass is 15.0. The number of benzene rings is 1. The molecule has 1 aromatic carbocycles. The van der Waals surface area contributed by atoms with E-state index >= 15 is 0 Å². The van der Waals surface area contributed by atoms with Gasteiger partial charge in [-0.3, -0.25) is 0 Å². The third-order valence-corrected chi connectivity index (χ3v) is 4.04. The van der Waals surface area contributed by atoms with Crippen LogP contribution in [-0.2, 0) is 6.42 Å². The van der Waals surface area contributed by atoms with E-state index in [9.17, 15) is 0 Å². The van der Waals surface area contributed by atoms with Crippen molar-refractivity contribution < 1.29 is 0 Å². The number of hydrogen-bond acceptors (Lipinski definition) is 1. The first kappa shape index (κ1) is 12.6. The van der Waals surface area contributed by atoms with E-state index in [1.807, 2.05) is 0 Å². The van der Waals surface area contributed by atoms with Crippen LogP contribution in [0.15, 0.2) is 18.2 Å². The van der Waals surface area contributed by atoms with Gasteiger partial charge in [-0.2, -0.15) is 0 Å². The zero-order valence-electron chi connectivity index (χ0n) is 11.5. The predicted molar refractivity (Wildman–Crippen MR) is 74.5 cm³/mol. The van der Waals surface area contributed by atoms with Crippen LogP contribution in [0.2, 0.25) is 0 Å². The zero-order valence-corrected chi connectivity index (χ0v) is 11.5. The molecule has 1 aliphatic rings. The van der Waals surface area contributed by atoms with Gasteiger partial charge in [-0.1, -0.05) is 36.6 Å². The largest absolute Gasteiger partial charge is 0.311 e. The van der Waals surface area contributed by atoms with Gasteiger partial charge in [0.25, 0.3) is 0 Å². The van der Waals surface area contributed by atoms with Crippen LogP contribution in [0.1, 0.15) is 49.3 Å². The summed E-state index contributed by atoms with van der Waals surface area (Å²) in [7, 11) is 0. The molecule has 2 rings (SSSR count). The van der Waals surface area contributed by atoms with E-state index in [0.29, 0.717) is 5.54 Å². The summed E-state index contributed by atoms with van der Waals surface area (Å²) < 4.78 is 0. The first-order valence-corrected chi connectivity index (χ1v) is 6.90. The van der Waals surface area contributed by atoms with Gasteiger partial charge in [-0.05, 0) is 57.7 Å². The Morgan fingerprint density at radius 1 is 1.18 bits per heavy atom. The normalized spacial score (nSPS) is 25.6. The van der Waals surface area contributed by atoms with E-state index in [4.69, 9.17) is 0 Å². The Labute approximate surface area is 106 Å². The van der Waals surface area contributed by atoms with Gasteiger partial charge in [0.2, 0.25) is 0 Å². The van der Waals surface area contributed by atoms with Crippen LogP contribution >= 0.6 is 0 Å². The summed E-state index contributed by atoms with van der Waals surface area (Å²) in [6, 6.07) is 6.82. The Morgan fingerprint density at radius 2 is 2.00 bits per heavy atom. The van der Waals surface area contributed by atoms with Crippen molar-refractivity contribution in [3.05, 3.63) is 34.9 Å². The van der Waals surface area contributed by atoms with Crippen LogP contribution in [0, 0.1) is 13.8 Å². The van der Waals surface area contributed by atoms with Gasteiger partial charge in [-0.15, -0.1) is 0 Å². The van der Waals surface area contributed by atoms with Crippen molar-refractivity contribution in [2.75, 3.05) is 6.54 Å². The van der Waals surface area contributed by atoms with Crippen molar-refractivity contribution in [2.24, 2.45) is 0 Å². The van der Waals surface area contributed by atoms with E-state index < -0.39 is 0 Å². The monoisotopic (exact) mass is 231 g/mol. The topological polar surface area (TPSA) is 12.0 Å². The van der Waals surface area contributed by atoms with Crippen molar-refractivity contribution in [1.82, 2.24) is 5.32 Å². The Hall–Kier alpha value is -0.820. The van der Waals surface area contributed by atoms with Crippen molar-refractivity contribution in [2.45, 2.75) is 58.4 Å². The summed E-state index contributed by atoms with van der Waals surface area (Å²) in [6.45, 7) is 7.99. The SMILES string of the molecule is Cc1ccc(C)c(CC2(C)CCCCCN2)c1. The molecule has 1 atom stereocenters. The highest BCUT2D eigenvalue weighted by Crippen LogP contribution is 2.25. The smallest absolute Gasteiger partial charge is 0.0193 e. The molecule has 1 aromatic rings. The third-order valence-electron chi connectivity index (χ3n) is 4.04. The van der Waals surface area contributed by atoms with Crippen LogP contribution < -0.4 is 5.32 Å². The van der Waals surface area contributed by atoms with Gasteiger partial charge in [0.15, 0.2) is 0 Å². The predicted octanol–water partition coefficient (Wildman–Crippen LogP) is 3.77. The average Bonchev–Trinajstić information content (AvgIpc) is 2.49. The second-order valence-electron chi connectivity index (χ2n) is 5.90. The molecule has 94 valence electrons. The molecule has 0 amide bonds. The lowest BCUT2D eigenvalue weighted by atomic mass is 9.86. The summed E-state index contributed by atoms with van der Waals surface area (Å²) >= 11 is 0. The minimum atomic E-state index is 0.301.